The van der Waals surface area contributed by atoms with E-state index < -0.39 is 7.57 Å². The van der Waals surface area contributed by atoms with Gasteiger partial charge in [0.2, 0.25) is 13.5 Å². The third kappa shape index (κ3) is 9.94. The summed E-state index contributed by atoms with van der Waals surface area (Å²) >= 11 is 0. The van der Waals surface area contributed by atoms with Crippen LogP contribution in [0.2, 0.25) is 0 Å². The first-order chi connectivity index (χ1) is 6.98. The average Bonchev–Trinajstić information content (AvgIpc) is 2.16. The van der Waals surface area contributed by atoms with Crippen molar-refractivity contribution in [2.45, 2.75) is 26.2 Å². The van der Waals surface area contributed by atoms with Gasteiger partial charge in [-0.05, 0) is 25.6 Å². The van der Waals surface area contributed by atoms with Gasteiger partial charge in [-0.15, -0.1) is 0 Å². The third-order valence-corrected chi connectivity index (χ3v) is 2.93. The zero-order valence-electron chi connectivity index (χ0n) is 9.36. The summed E-state index contributed by atoms with van der Waals surface area (Å²) < 4.78 is 9.73. The predicted molar refractivity (Wildman–Crippen MR) is 61.8 cm³/mol. The van der Waals surface area contributed by atoms with Crippen LogP contribution >= 0.6 is 7.57 Å². The van der Waals surface area contributed by atoms with E-state index in [0.29, 0.717) is 13.2 Å². The summed E-state index contributed by atoms with van der Waals surface area (Å²) in [6.45, 7) is 2.61. The minimum absolute atomic E-state index is 0.0105. The minimum atomic E-state index is -2.81. The van der Waals surface area contributed by atoms with E-state index in [1.54, 1.807) is 0 Å². The molecule has 2 N–H and O–H groups in total. The van der Waals surface area contributed by atoms with Crippen LogP contribution in [-0.2, 0) is 13.8 Å². The van der Waals surface area contributed by atoms with E-state index in [2.05, 4.69) is 16.1 Å². The Labute approximate surface area is 91.0 Å². The maximum Gasteiger partial charge on any atom is 0.247 e. The maximum absolute atomic E-state index is 10.5. The van der Waals surface area contributed by atoms with Crippen LogP contribution < -0.4 is 5.32 Å². The molecule has 1 amide bonds. The Morgan fingerprint density at radius 1 is 1.47 bits per heavy atom. The van der Waals surface area contributed by atoms with Crippen molar-refractivity contribution >= 4 is 19.8 Å². The highest BCUT2D eigenvalue weighted by atomic mass is 31.2. The molecule has 0 aromatic heterocycles. The van der Waals surface area contributed by atoms with Crippen molar-refractivity contribution in [3.05, 3.63) is 0 Å². The first kappa shape index (κ1) is 14.6. The Bertz CT molecular complexity index is 232. The SMILES string of the molecule is C=P(O)(OC)OCCCCCNC(C)=O. The molecule has 1 atom stereocenters. The minimum Gasteiger partial charge on any atom is -0.356 e. The Balaban J connectivity index is 3.25. The lowest BCUT2D eigenvalue weighted by Gasteiger charge is -2.14. The van der Waals surface area contributed by atoms with Gasteiger partial charge in [0.25, 0.3) is 0 Å². The van der Waals surface area contributed by atoms with Crippen LogP contribution in [0.5, 0.6) is 0 Å². The number of carbonyl (C=O) groups excluding carboxylic acids is 1. The normalized spacial score (nSPS) is 14.6. The lowest BCUT2D eigenvalue weighted by Crippen LogP contribution is -2.20. The van der Waals surface area contributed by atoms with E-state index in [4.69, 9.17) is 4.52 Å². The van der Waals surface area contributed by atoms with Crippen molar-refractivity contribution in [2.24, 2.45) is 0 Å². The highest BCUT2D eigenvalue weighted by Crippen LogP contribution is 2.41. The second-order valence-electron chi connectivity index (χ2n) is 3.20. The zero-order chi connectivity index (χ0) is 11.7. The molecule has 0 aromatic rings. The smallest absolute Gasteiger partial charge is 0.247 e. The molecule has 0 aromatic carbocycles. The number of carbonyl (C=O) groups is 1. The molecule has 1 unspecified atom stereocenters. The van der Waals surface area contributed by atoms with Crippen molar-refractivity contribution in [2.75, 3.05) is 20.3 Å². The van der Waals surface area contributed by atoms with E-state index in [-0.39, 0.29) is 5.91 Å². The first-order valence-electron chi connectivity index (χ1n) is 4.89. The van der Waals surface area contributed by atoms with E-state index in [9.17, 15) is 9.69 Å². The predicted octanol–water partition coefficient (Wildman–Crippen LogP) is 1.14. The molecule has 0 spiro atoms. The molecule has 0 saturated carbocycles. The van der Waals surface area contributed by atoms with Gasteiger partial charge in [-0.1, -0.05) is 0 Å². The summed E-state index contributed by atoms with van der Waals surface area (Å²) in [7, 11) is -1.44. The number of hydrogen-bond donors (Lipinski definition) is 2. The number of unbranched alkanes of at least 4 members (excludes halogenated alkanes) is 2. The zero-order valence-corrected chi connectivity index (χ0v) is 10.3. The van der Waals surface area contributed by atoms with Crippen molar-refractivity contribution < 1.29 is 18.7 Å². The van der Waals surface area contributed by atoms with Gasteiger partial charge < -0.3 is 19.3 Å². The fourth-order valence-electron chi connectivity index (χ4n) is 0.928. The first-order valence-corrected chi connectivity index (χ1v) is 6.65. The molecule has 0 radical (unpaired) electrons. The third-order valence-electron chi connectivity index (χ3n) is 1.77. The van der Waals surface area contributed by atoms with Gasteiger partial charge in [0.1, 0.15) is 0 Å². The number of rotatable bonds is 8. The molecule has 0 aliphatic heterocycles. The highest BCUT2D eigenvalue weighted by molar-refractivity contribution is 7.58. The number of amides is 1. The van der Waals surface area contributed by atoms with Crippen LogP contribution in [0, 0.1) is 0 Å². The molecule has 15 heavy (non-hydrogen) atoms. The monoisotopic (exact) mass is 237 g/mol. The molecule has 0 fully saturated rings. The van der Waals surface area contributed by atoms with Gasteiger partial charge in [0.05, 0.1) is 6.61 Å². The van der Waals surface area contributed by atoms with Crippen molar-refractivity contribution in [3.8, 4) is 0 Å². The van der Waals surface area contributed by atoms with Gasteiger partial charge in [0.15, 0.2) is 0 Å². The van der Waals surface area contributed by atoms with E-state index in [1.807, 2.05) is 0 Å². The molecule has 0 saturated heterocycles. The quantitative estimate of drug-likeness (QED) is 0.490. The van der Waals surface area contributed by atoms with Crippen molar-refractivity contribution in [1.29, 1.82) is 0 Å². The van der Waals surface area contributed by atoms with Crippen molar-refractivity contribution in [1.82, 2.24) is 5.32 Å². The molecule has 0 bridgehead atoms. The Morgan fingerprint density at radius 2 is 2.13 bits per heavy atom. The van der Waals surface area contributed by atoms with Crippen molar-refractivity contribution in [3.63, 3.8) is 0 Å². The van der Waals surface area contributed by atoms with Gasteiger partial charge in [-0.25, -0.2) is 0 Å². The molecule has 0 rings (SSSR count). The highest BCUT2D eigenvalue weighted by Gasteiger charge is 2.07. The molecule has 6 heteroatoms. The number of nitrogens with one attached hydrogen (secondary N) is 1. The lowest BCUT2D eigenvalue weighted by atomic mass is 10.2. The fraction of sp³-hybridized carbons (Fsp3) is 0.778. The lowest BCUT2D eigenvalue weighted by molar-refractivity contribution is -0.118. The van der Waals surface area contributed by atoms with Gasteiger partial charge in [-0.2, -0.15) is 0 Å². The van der Waals surface area contributed by atoms with Crippen LogP contribution in [0.4, 0.5) is 0 Å². The average molecular weight is 237 g/mol. The van der Waals surface area contributed by atoms with Crippen LogP contribution in [-0.4, -0.2) is 37.4 Å². The van der Waals surface area contributed by atoms with E-state index in [1.165, 1.54) is 14.0 Å². The van der Waals surface area contributed by atoms with Gasteiger partial charge in [0, 0.05) is 20.6 Å². The Kier molecular flexibility index (Phi) is 7.70. The summed E-state index contributed by atoms with van der Waals surface area (Å²) in [4.78, 5) is 19.8. The molecule has 5 nitrogen and oxygen atoms in total. The standard InChI is InChI=1S/C9H20NO4P/c1-9(11)10-7-5-4-6-8-14-15(3,12)13-2/h12H,3-8H2,1-2H3,(H,10,11). The van der Waals surface area contributed by atoms with Crippen LogP contribution in [0.3, 0.4) is 0 Å². The molecule has 0 heterocycles. The van der Waals surface area contributed by atoms with Gasteiger partial charge >= 0.3 is 0 Å². The Hall–Kier alpha value is -0.350. The van der Waals surface area contributed by atoms with Gasteiger partial charge in [-0.3, -0.25) is 4.79 Å². The fourth-order valence-corrected chi connectivity index (χ4v) is 1.45. The second kappa shape index (κ2) is 7.88. The van der Waals surface area contributed by atoms with E-state index in [0.717, 1.165) is 19.3 Å². The molecular formula is C9H20NO4P. The largest absolute Gasteiger partial charge is 0.356 e. The summed E-state index contributed by atoms with van der Waals surface area (Å²) in [5.74, 6) is -0.0105. The maximum atomic E-state index is 10.5. The topological polar surface area (TPSA) is 67.8 Å². The second-order valence-corrected chi connectivity index (χ2v) is 5.10. The summed E-state index contributed by atoms with van der Waals surface area (Å²) in [5.41, 5.74) is 0. The van der Waals surface area contributed by atoms with Crippen LogP contribution in [0.1, 0.15) is 26.2 Å². The van der Waals surface area contributed by atoms with Crippen LogP contribution in [0.25, 0.3) is 0 Å². The molecule has 0 aliphatic carbocycles. The van der Waals surface area contributed by atoms with E-state index >= 15 is 0 Å². The summed E-state index contributed by atoms with van der Waals surface area (Å²) in [5, 5.41) is 2.70. The summed E-state index contributed by atoms with van der Waals surface area (Å²) in [6, 6.07) is 0. The number of hydrogen-bond acceptors (Lipinski definition) is 4. The molecule has 0 aliphatic rings. The molecular weight excluding hydrogens is 217 g/mol. The molecule has 90 valence electrons. The van der Waals surface area contributed by atoms with Crippen LogP contribution in [0.15, 0.2) is 0 Å². The Morgan fingerprint density at radius 3 is 2.67 bits per heavy atom. The summed E-state index contributed by atoms with van der Waals surface area (Å²) in [6.07, 6.45) is 6.07.